The Morgan fingerprint density at radius 1 is 0.586 bits per heavy atom. The summed E-state index contributed by atoms with van der Waals surface area (Å²) in [5.74, 6) is -0.563. The maximum atomic E-state index is 11.9. The average Bonchev–Trinajstić information content (AvgIpc) is 2.70. The van der Waals surface area contributed by atoms with Crippen molar-refractivity contribution >= 4 is 11.9 Å². The number of hydrogen-bond acceptors (Lipinski definition) is 4. The minimum absolute atomic E-state index is 0.00502. The van der Waals surface area contributed by atoms with Gasteiger partial charge in [0, 0.05) is 0 Å². The van der Waals surface area contributed by atoms with E-state index in [2.05, 4.69) is 20.8 Å². The molecule has 0 aliphatic carbocycles. The molecule has 0 heterocycles. The molecule has 0 spiro atoms. The van der Waals surface area contributed by atoms with Crippen molar-refractivity contribution in [2.45, 2.75) is 142 Å². The van der Waals surface area contributed by atoms with Crippen LogP contribution in [-0.4, -0.2) is 24.6 Å². The van der Waals surface area contributed by atoms with Gasteiger partial charge in [-0.05, 0) is 19.3 Å². The van der Waals surface area contributed by atoms with E-state index in [0.29, 0.717) is 6.61 Å². The number of esters is 2. The molecule has 0 atom stereocenters. The Labute approximate surface area is 180 Å². The van der Waals surface area contributed by atoms with Gasteiger partial charge in [-0.25, -0.2) is 0 Å². The smallest absolute Gasteiger partial charge is 0.306 e. The van der Waals surface area contributed by atoms with Gasteiger partial charge in [0.25, 0.3) is 0 Å². The number of rotatable bonds is 21. The van der Waals surface area contributed by atoms with Gasteiger partial charge in [-0.2, -0.15) is 0 Å². The van der Waals surface area contributed by atoms with Gasteiger partial charge in [-0.15, -0.1) is 0 Å². The fourth-order valence-electron chi connectivity index (χ4n) is 3.56. The first-order valence-corrected chi connectivity index (χ1v) is 12.5. The van der Waals surface area contributed by atoms with Crippen molar-refractivity contribution in [2.75, 3.05) is 6.61 Å². The van der Waals surface area contributed by atoms with Gasteiger partial charge >= 0.3 is 11.9 Å². The monoisotopic (exact) mass is 412 g/mol. The molecule has 0 amide bonds. The highest BCUT2D eigenvalue weighted by molar-refractivity contribution is 5.77. The molecule has 0 radical (unpaired) electrons. The molecule has 172 valence electrons. The summed E-state index contributed by atoms with van der Waals surface area (Å²) in [6.07, 6.45) is 19.5. The highest BCUT2D eigenvalue weighted by atomic mass is 16.5. The standard InChI is InChI=1S/C25H48O4/c1-4-7-8-9-10-11-12-13-14-15-16-17-22-28-24(26)20-21-25(27)29-23(18-5-2)19-6-3/h23H,4-22H2,1-3H3. The van der Waals surface area contributed by atoms with Crippen molar-refractivity contribution in [1.82, 2.24) is 0 Å². The minimum atomic E-state index is -0.285. The van der Waals surface area contributed by atoms with Crippen molar-refractivity contribution < 1.29 is 19.1 Å². The molecule has 0 aromatic rings. The van der Waals surface area contributed by atoms with E-state index in [1.807, 2.05) is 0 Å². The Balaban J connectivity index is 3.46. The van der Waals surface area contributed by atoms with Gasteiger partial charge in [-0.1, -0.05) is 104 Å². The normalized spacial score (nSPS) is 11.0. The highest BCUT2D eigenvalue weighted by Gasteiger charge is 2.14. The van der Waals surface area contributed by atoms with E-state index in [4.69, 9.17) is 9.47 Å². The Morgan fingerprint density at radius 2 is 1.03 bits per heavy atom. The van der Waals surface area contributed by atoms with Gasteiger partial charge in [0.05, 0.1) is 19.4 Å². The van der Waals surface area contributed by atoms with E-state index in [1.54, 1.807) is 0 Å². The lowest BCUT2D eigenvalue weighted by Gasteiger charge is -2.16. The van der Waals surface area contributed by atoms with Crippen molar-refractivity contribution in [1.29, 1.82) is 0 Å². The Kier molecular flexibility index (Phi) is 20.9. The largest absolute Gasteiger partial charge is 0.466 e. The molecular weight excluding hydrogens is 364 g/mol. The summed E-state index contributed by atoms with van der Waals surface area (Å²) in [5.41, 5.74) is 0. The molecule has 29 heavy (non-hydrogen) atoms. The molecule has 4 heteroatoms. The summed E-state index contributed by atoms with van der Waals surface area (Å²) in [4.78, 5) is 23.6. The van der Waals surface area contributed by atoms with E-state index in [-0.39, 0.29) is 30.9 Å². The van der Waals surface area contributed by atoms with Crippen LogP contribution in [0.3, 0.4) is 0 Å². The quantitative estimate of drug-likeness (QED) is 0.144. The molecule has 0 N–H and O–H groups in total. The van der Waals surface area contributed by atoms with Crippen molar-refractivity contribution in [3.8, 4) is 0 Å². The maximum Gasteiger partial charge on any atom is 0.306 e. The van der Waals surface area contributed by atoms with E-state index >= 15 is 0 Å². The highest BCUT2D eigenvalue weighted by Crippen LogP contribution is 2.13. The summed E-state index contributed by atoms with van der Waals surface area (Å²) in [5, 5.41) is 0. The zero-order valence-corrected chi connectivity index (χ0v) is 19.6. The van der Waals surface area contributed by atoms with Crippen LogP contribution < -0.4 is 0 Å². The number of unbranched alkanes of at least 4 members (excludes halogenated alkanes) is 11. The van der Waals surface area contributed by atoms with Gasteiger partial charge in [-0.3, -0.25) is 9.59 Å². The molecule has 4 nitrogen and oxygen atoms in total. The summed E-state index contributed by atoms with van der Waals surface area (Å²) in [6, 6.07) is 0. The van der Waals surface area contributed by atoms with Crippen LogP contribution in [0.4, 0.5) is 0 Å². The van der Waals surface area contributed by atoms with Gasteiger partial charge in [0.15, 0.2) is 0 Å². The van der Waals surface area contributed by atoms with Crippen LogP contribution in [0.15, 0.2) is 0 Å². The van der Waals surface area contributed by atoms with Crippen molar-refractivity contribution in [3.63, 3.8) is 0 Å². The molecule has 0 aliphatic heterocycles. The topological polar surface area (TPSA) is 52.6 Å². The SMILES string of the molecule is CCCCCCCCCCCCCCOC(=O)CCC(=O)OC(CCC)CCC. The fraction of sp³-hybridized carbons (Fsp3) is 0.920. The van der Waals surface area contributed by atoms with E-state index < -0.39 is 0 Å². The van der Waals surface area contributed by atoms with Crippen LogP contribution in [0.5, 0.6) is 0 Å². The van der Waals surface area contributed by atoms with E-state index in [1.165, 1.54) is 64.2 Å². The van der Waals surface area contributed by atoms with E-state index in [0.717, 1.165) is 38.5 Å². The first-order chi connectivity index (χ1) is 14.1. The second-order valence-electron chi connectivity index (χ2n) is 8.30. The van der Waals surface area contributed by atoms with E-state index in [9.17, 15) is 9.59 Å². The molecule has 0 aromatic heterocycles. The van der Waals surface area contributed by atoms with Crippen LogP contribution in [0.2, 0.25) is 0 Å². The van der Waals surface area contributed by atoms with Gasteiger partial charge in [0.1, 0.15) is 6.10 Å². The summed E-state index contributed by atoms with van der Waals surface area (Å²) in [7, 11) is 0. The van der Waals surface area contributed by atoms with Crippen LogP contribution in [0.25, 0.3) is 0 Å². The first kappa shape index (κ1) is 27.9. The minimum Gasteiger partial charge on any atom is -0.466 e. The lowest BCUT2D eigenvalue weighted by atomic mass is 10.1. The maximum absolute atomic E-state index is 11.9. The molecule has 0 aliphatic rings. The third-order valence-electron chi connectivity index (χ3n) is 5.31. The molecular formula is C25H48O4. The Hall–Kier alpha value is -1.06. The summed E-state index contributed by atoms with van der Waals surface area (Å²) >= 11 is 0. The van der Waals surface area contributed by atoms with Crippen molar-refractivity contribution in [2.24, 2.45) is 0 Å². The predicted octanol–water partition coefficient (Wildman–Crippen LogP) is 7.52. The van der Waals surface area contributed by atoms with Gasteiger partial charge < -0.3 is 9.47 Å². The Morgan fingerprint density at radius 3 is 1.52 bits per heavy atom. The molecule has 0 unspecified atom stereocenters. The number of carbonyl (C=O) groups is 2. The molecule has 0 saturated heterocycles. The van der Waals surface area contributed by atoms with Crippen LogP contribution in [0.1, 0.15) is 136 Å². The van der Waals surface area contributed by atoms with Gasteiger partial charge in [0.2, 0.25) is 0 Å². The number of ether oxygens (including phenoxy) is 2. The van der Waals surface area contributed by atoms with Crippen LogP contribution >= 0.6 is 0 Å². The molecule has 0 saturated carbocycles. The lowest BCUT2D eigenvalue weighted by molar-refractivity contribution is -0.154. The summed E-state index contributed by atoms with van der Waals surface area (Å²) in [6.45, 7) is 6.90. The third-order valence-corrected chi connectivity index (χ3v) is 5.31. The zero-order chi connectivity index (χ0) is 21.6. The predicted molar refractivity (Wildman–Crippen MR) is 121 cm³/mol. The number of carbonyl (C=O) groups excluding carboxylic acids is 2. The third kappa shape index (κ3) is 20.0. The Bertz CT molecular complexity index is 375. The van der Waals surface area contributed by atoms with Crippen molar-refractivity contribution in [3.05, 3.63) is 0 Å². The van der Waals surface area contributed by atoms with Crippen LogP contribution in [-0.2, 0) is 19.1 Å². The lowest BCUT2D eigenvalue weighted by Crippen LogP contribution is -2.19. The summed E-state index contributed by atoms with van der Waals surface area (Å²) < 4.78 is 10.7. The first-order valence-electron chi connectivity index (χ1n) is 12.5. The molecule has 0 bridgehead atoms. The average molecular weight is 413 g/mol. The van der Waals surface area contributed by atoms with Crippen LogP contribution in [0, 0.1) is 0 Å². The second-order valence-corrected chi connectivity index (χ2v) is 8.30. The molecule has 0 fully saturated rings. The fourth-order valence-corrected chi connectivity index (χ4v) is 3.56. The molecule has 0 aromatic carbocycles. The molecule has 0 rings (SSSR count). The second kappa shape index (κ2) is 21.6. The zero-order valence-electron chi connectivity index (χ0n) is 19.6. The number of hydrogen-bond donors (Lipinski definition) is 0.